The number of nitriles is 1. The summed E-state index contributed by atoms with van der Waals surface area (Å²) in [5.41, 5.74) is 0.650. The maximum absolute atomic E-state index is 12.5. The van der Waals surface area contributed by atoms with Crippen LogP contribution in [0.3, 0.4) is 0 Å². The van der Waals surface area contributed by atoms with E-state index in [4.69, 9.17) is 14.2 Å². The van der Waals surface area contributed by atoms with Crippen LogP contribution >= 0.6 is 22.6 Å². The predicted molar refractivity (Wildman–Crippen MR) is 103 cm³/mol. The Hall–Kier alpha value is -2.12. The zero-order chi connectivity index (χ0) is 19.1. The molecule has 8 heteroatoms. The van der Waals surface area contributed by atoms with Crippen LogP contribution in [0.2, 0.25) is 0 Å². The largest absolute Gasteiger partial charge is 0.490 e. The van der Waals surface area contributed by atoms with Crippen molar-refractivity contribution in [3.8, 4) is 17.6 Å². The smallest absolute Gasteiger partial charge is 0.308 e. The first-order chi connectivity index (χ1) is 12.5. The molecule has 1 aliphatic heterocycles. The number of hydrogen-bond donors (Lipinski definition) is 0. The Morgan fingerprint density at radius 2 is 2.08 bits per heavy atom. The number of rotatable bonds is 5. The van der Waals surface area contributed by atoms with E-state index in [9.17, 15) is 14.9 Å². The fourth-order valence-electron chi connectivity index (χ4n) is 2.42. The van der Waals surface area contributed by atoms with Crippen LogP contribution in [0.1, 0.15) is 19.4 Å². The lowest BCUT2D eigenvalue weighted by molar-refractivity contribution is -0.132. The maximum Gasteiger partial charge on any atom is 0.308 e. The van der Waals surface area contributed by atoms with E-state index in [1.165, 1.54) is 13.0 Å². The van der Waals surface area contributed by atoms with Gasteiger partial charge in [-0.05, 0) is 53.3 Å². The first kappa shape index (κ1) is 20.2. The van der Waals surface area contributed by atoms with Crippen LogP contribution in [0, 0.1) is 14.9 Å². The van der Waals surface area contributed by atoms with Gasteiger partial charge in [-0.25, -0.2) is 0 Å². The minimum absolute atomic E-state index is 0.0328. The van der Waals surface area contributed by atoms with E-state index in [0.717, 1.165) is 0 Å². The number of esters is 1. The van der Waals surface area contributed by atoms with Crippen molar-refractivity contribution in [2.24, 2.45) is 0 Å². The number of carbonyl (C=O) groups is 2. The quantitative estimate of drug-likeness (QED) is 0.216. The second-order valence-electron chi connectivity index (χ2n) is 5.43. The number of benzene rings is 1. The van der Waals surface area contributed by atoms with Crippen LogP contribution in [0.5, 0.6) is 11.5 Å². The molecule has 0 atom stereocenters. The van der Waals surface area contributed by atoms with Crippen molar-refractivity contribution < 1.29 is 23.8 Å². The molecule has 1 aromatic rings. The molecule has 0 spiro atoms. The van der Waals surface area contributed by atoms with Crippen LogP contribution in [0.15, 0.2) is 17.7 Å². The first-order valence-corrected chi connectivity index (χ1v) is 9.17. The van der Waals surface area contributed by atoms with Gasteiger partial charge in [-0.1, -0.05) is 0 Å². The van der Waals surface area contributed by atoms with E-state index in [1.54, 1.807) is 17.0 Å². The Morgan fingerprint density at radius 3 is 2.65 bits per heavy atom. The van der Waals surface area contributed by atoms with Gasteiger partial charge in [0.15, 0.2) is 11.5 Å². The summed E-state index contributed by atoms with van der Waals surface area (Å²) < 4.78 is 16.6. The Kier molecular flexibility index (Phi) is 7.41. The van der Waals surface area contributed by atoms with Gasteiger partial charge >= 0.3 is 5.97 Å². The van der Waals surface area contributed by atoms with Gasteiger partial charge in [0, 0.05) is 20.0 Å². The molecule has 0 aromatic heterocycles. The molecule has 0 unspecified atom stereocenters. The van der Waals surface area contributed by atoms with Crippen LogP contribution in [-0.4, -0.2) is 49.7 Å². The molecule has 1 fully saturated rings. The van der Waals surface area contributed by atoms with Gasteiger partial charge < -0.3 is 19.1 Å². The van der Waals surface area contributed by atoms with Gasteiger partial charge in [-0.15, -0.1) is 0 Å². The Labute approximate surface area is 165 Å². The molecule has 0 saturated carbocycles. The van der Waals surface area contributed by atoms with Crippen LogP contribution in [-0.2, 0) is 14.3 Å². The lowest BCUT2D eigenvalue weighted by Gasteiger charge is -2.26. The maximum atomic E-state index is 12.5. The average molecular weight is 470 g/mol. The topological polar surface area (TPSA) is 88.9 Å². The highest BCUT2D eigenvalue weighted by Crippen LogP contribution is 2.35. The van der Waals surface area contributed by atoms with Crippen molar-refractivity contribution in [1.29, 1.82) is 5.26 Å². The highest BCUT2D eigenvalue weighted by atomic mass is 127. The molecule has 138 valence electrons. The molecule has 0 aliphatic carbocycles. The summed E-state index contributed by atoms with van der Waals surface area (Å²) in [6.07, 6.45) is 1.51. The molecule has 1 saturated heterocycles. The van der Waals surface area contributed by atoms with E-state index in [-0.39, 0.29) is 11.5 Å². The highest BCUT2D eigenvalue weighted by molar-refractivity contribution is 14.1. The van der Waals surface area contributed by atoms with E-state index in [1.807, 2.05) is 35.6 Å². The van der Waals surface area contributed by atoms with Crippen LogP contribution in [0.4, 0.5) is 0 Å². The van der Waals surface area contributed by atoms with Crippen molar-refractivity contribution in [2.75, 3.05) is 32.9 Å². The predicted octanol–water partition coefficient (Wildman–Crippen LogP) is 2.38. The summed E-state index contributed by atoms with van der Waals surface area (Å²) >= 11 is 2.02. The van der Waals surface area contributed by atoms with Gasteiger partial charge in [-0.2, -0.15) is 5.26 Å². The Balaban J connectivity index is 2.36. The summed E-state index contributed by atoms with van der Waals surface area (Å²) in [6, 6.07) is 5.34. The second kappa shape index (κ2) is 9.54. The van der Waals surface area contributed by atoms with Crippen molar-refractivity contribution in [3.63, 3.8) is 0 Å². The molecule has 0 radical (unpaired) electrons. The van der Waals surface area contributed by atoms with Crippen molar-refractivity contribution in [1.82, 2.24) is 4.90 Å². The minimum atomic E-state index is -0.452. The monoisotopic (exact) mass is 470 g/mol. The summed E-state index contributed by atoms with van der Waals surface area (Å²) in [4.78, 5) is 25.4. The number of nitrogens with zero attached hydrogens (tertiary/aromatic N) is 2. The van der Waals surface area contributed by atoms with Crippen molar-refractivity contribution in [3.05, 3.63) is 26.8 Å². The molecule has 1 heterocycles. The highest BCUT2D eigenvalue weighted by Gasteiger charge is 2.21. The summed E-state index contributed by atoms with van der Waals surface area (Å²) in [5, 5.41) is 9.40. The number of amides is 1. The number of morpholine rings is 1. The Morgan fingerprint density at radius 1 is 1.38 bits per heavy atom. The molecule has 26 heavy (non-hydrogen) atoms. The first-order valence-electron chi connectivity index (χ1n) is 8.09. The van der Waals surface area contributed by atoms with Gasteiger partial charge in [0.05, 0.1) is 23.4 Å². The molecular formula is C18H19IN2O5. The fraction of sp³-hybridized carbons (Fsp3) is 0.389. The van der Waals surface area contributed by atoms with Crippen LogP contribution in [0.25, 0.3) is 6.08 Å². The zero-order valence-electron chi connectivity index (χ0n) is 14.6. The average Bonchev–Trinajstić information content (AvgIpc) is 2.62. The van der Waals surface area contributed by atoms with Crippen molar-refractivity contribution >= 4 is 40.5 Å². The molecular weight excluding hydrogens is 451 g/mol. The number of hydrogen-bond acceptors (Lipinski definition) is 6. The summed E-state index contributed by atoms with van der Waals surface area (Å²) in [5.74, 6) is -0.0627. The third kappa shape index (κ3) is 5.19. The normalized spacial score (nSPS) is 14.5. The third-order valence-electron chi connectivity index (χ3n) is 3.54. The van der Waals surface area contributed by atoms with Gasteiger partial charge in [0.2, 0.25) is 0 Å². The Bertz CT molecular complexity index is 764. The number of ether oxygens (including phenoxy) is 3. The number of carbonyl (C=O) groups excluding carboxylic acids is 2. The second-order valence-corrected chi connectivity index (χ2v) is 6.59. The van der Waals surface area contributed by atoms with E-state index in [0.29, 0.717) is 53.5 Å². The van der Waals surface area contributed by atoms with Gasteiger partial charge in [0.1, 0.15) is 11.6 Å². The molecule has 0 N–H and O–H groups in total. The zero-order valence-corrected chi connectivity index (χ0v) is 16.7. The number of halogens is 1. The molecule has 1 aliphatic rings. The van der Waals surface area contributed by atoms with E-state index >= 15 is 0 Å². The van der Waals surface area contributed by atoms with Gasteiger partial charge in [0.25, 0.3) is 5.91 Å². The fourth-order valence-corrected chi connectivity index (χ4v) is 3.16. The molecule has 7 nitrogen and oxygen atoms in total. The van der Waals surface area contributed by atoms with E-state index in [2.05, 4.69) is 0 Å². The van der Waals surface area contributed by atoms with Crippen molar-refractivity contribution in [2.45, 2.75) is 13.8 Å². The molecule has 1 aromatic carbocycles. The third-order valence-corrected chi connectivity index (χ3v) is 4.34. The molecule has 2 rings (SSSR count). The lowest BCUT2D eigenvalue weighted by Crippen LogP contribution is -2.41. The van der Waals surface area contributed by atoms with Gasteiger partial charge in [-0.3, -0.25) is 9.59 Å². The summed E-state index contributed by atoms with van der Waals surface area (Å²) in [6.45, 7) is 5.37. The summed E-state index contributed by atoms with van der Waals surface area (Å²) in [7, 11) is 0. The van der Waals surface area contributed by atoms with Crippen LogP contribution < -0.4 is 9.47 Å². The minimum Gasteiger partial charge on any atom is -0.490 e. The SMILES string of the molecule is CCOc1cc(/C=C(\C#N)C(=O)N2CCOCC2)cc(I)c1OC(C)=O. The molecule has 1 amide bonds. The molecule has 0 bridgehead atoms. The standard InChI is InChI=1S/C18H19IN2O5/c1-3-25-16-10-13(9-15(19)17(16)26-12(2)22)8-14(11-20)18(23)21-4-6-24-7-5-21/h8-10H,3-7H2,1-2H3/b14-8+. The lowest BCUT2D eigenvalue weighted by atomic mass is 10.1. The van der Waals surface area contributed by atoms with E-state index < -0.39 is 5.97 Å².